The molecule has 0 saturated heterocycles. The van der Waals surface area contributed by atoms with E-state index in [9.17, 15) is 4.79 Å². The second-order valence-corrected chi connectivity index (χ2v) is 5.47. The van der Waals surface area contributed by atoms with Gasteiger partial charge in [-0.3, -0.25) is 5.32 Å². The van der Waals surface area contributed by atoms with E-state index in [-0.39, 0.29) is 11.4 Å². The number of carboxylic acids is 1. The minimum atomic E-state index is -0.905. The highest BCUT2D eigenvalue weighted by Crippen LogP contribution is 2.37. The Labute approximate surface area is 119 Å². The van der Waals surface area contributed by atoms with Gasteiger partial charge in [-0.05, 0) is 22.6 Å². The maximum Gasteiger partial charge on any atom is 0.328 e. The maximum absolute atomic E-state index is 11.1. The summed E-state index contributed by atoms with van der Waals surface area (Å²) in [5, 5.41) is 12.5. The van der Waals surface area contributed by atoms with E-state index in [0.29, 0.717) is 5.92 Å². The van der Waals surface area contributed by atoms with Gasteiger partial charge < -0.3 is 5.11 Å². The van der Waals surface area contributed by atoms with E-state index in [1.54, 1.807) is 0 Å². The van der Waals surface area contributed by atoms with Crippen molar-refractivity contribution in [3.63, 3.8) is 0 Å². The Bertz CT molecular complexity index is 513. The smallest absolute Gasteiger partial charge is 0.328 e. The number of fused-ring (bicyclic) bond motifs is 1. The van der Waals surface area contributed by atoms with Crippen LogP contribution in [0.4, 0.5) is 0 Å². The van der Waals surface area contributed by atoms with Crippen LogP contribution in [0.2, 0.25) is 0 Å². The van der Waals surface area contributed by atoms with Gasteiger partial charge in [0.05, 0.1) is 5.37 Å². The van der Waals surface area contributed by atoms with Gasteiger partial charge in [-0.2, -0.15) is 12.6 Å². The lowest BCUT2D eigenvalue weighted by atomic mass is 9.83. The quantitative estimate of drug-likeness (QED) is 0.588. The van der Waals surface area contributed by atoms with Crippen LogP contribution in [0.5, 0.6) is 0 Å². The third-order valence-corrected chi connectivity index (χ3v) is 4.16. The van der Waals surface area contributed by atoms with Crippen molar-refractivity contribution in [3.8, 4) is 0 Å². The highest BCUT2D eigenvalue weighted by Gasteiger charge is 2.31. The highest BCUT2D eigenvalue weighted by atomic mass is 32.1. The van der Waals surface area contributed by atoms with Gasteiger partial charge in [0, 0.05) is 12.1 Å². The summed E-state index contributed by atoms with van der Waals surface area (Å²) in [5.74, 6) is -0.550. The molecule has 0 aliphatic carbocycles. The van der Waals surface area contributed by atoms with Gasteiger partial charge in [0.1, 0.15) is 0 Å². The van der Waals surface area contributed by atoms with Gasteiger partial charge in [-0.1, -0.05) is 44.5 Å². The molecule has 3 nitrogen and oxygen atoms in total. The van der Waals surface area contributed by atoms with Crippen molar-refractivity contribution < 1.29 is 9.90 Å². The van der Waals surface area contributed by atoms with Crippen molar-refractivity contribution in [1.29, 1.82) is 0 Å². The average molecular weight is 277 g/mol. The summed E-state index contributed by atoms with van der Waals surface area (Å²) in [5.41, 5.74) is 2.88. The Morgan fingerprint density at radius 3 is 2.84 bits per heavy atom. The number of carbonyl (C=O) groups is 1. The largest absolute Gasteiger partial charge is 0.478 e. The lowest BCUT2D eigenvalue weighted by Gasteiger charge is -2.36. The Hall–Kier alpha value is -1.26. The van der Waals surface area contributed by atoms with Gasteiger partial charge in [0.25, 0.3) is 0 Å². The van der Waals surface area contributed by atoms with Crippen LogP contribution in [0.3, 0.4) is 0 Å². The molecule has 4 heteroatoms. The Morgan fingerprint density at radius 2 is 2.21 bits per heavy atom. The molecular weight excluding hydrogens is 258 g/mol. The molecule has 0 bridgehead atoms. The summed E-state index contributed by atoms with van der Waals surface area (Å²) in [6.45, 7) is 4.24. The molecule has 1 aromatic carbocycles. The summed E-state index contributed by atoms with van der Waals surface area (Å²) >= 11 is 4.58. The van der Waals surface area contributed by atoms with Crippen molar-refractivity contribution in [2.75, 3.05) is 0 Å². The minimum absolute atomic E-state index is 0.0264. The molecule has 1 aliphatic rings. The summed E-state index contributed by atoms with van der Waals surface area (Å²) in [7, 11) is 0. The average Bonchev–Trinajstić information content (AvgIpc) is 2.40. The van der Waals surface area contributed by atoms with Crippen LogP contribution in [-0.2, 0) is 4.79 Å². The topological polar surface area (TPSA) is 49.3 Å². The lowest BCUT2D eigenvalue weighted by Crippen LogP contribution is -2.41. The van der Waals surface area contributed by atoms with Crippen LogP contribution in [0, 0.1) is 5.92 Å². The summed E-state index contributed by atoms with van der Waals surface area (Å²) in [4.78, 5) is 11.1. The molecule has 102 valence electrons. The molecule has 1 aliphatic heterocycles. The SMILES string of the molecule is CC[C@H](C)[C@@H]1N[C@@H](S)c2ccccc2/C1=C/C(=O)O. The van der Waals surface area contributed by atoms with Gasteiger partial charge in [0.2, 0.25) is 0 Å². The summed E-state index contributed by atoms with van der Waals surface area (Å²) in [6.07, 6.45) is 2.31. The van der Waals surface area contributed by atoms with E-state index in [1.165, 1.54) is 6.08 Å². The summed E-state index contributed by atoms with van der Waals surface area (Å²) in [6, 6.07) is 7.88. The number of hydrogen-bond acceptors (Lipinski definition) is 3. The number of rotatable bonds is 3. The zero-order chi connectivity index (χ0) is 14.0. The number of thiol groups is 1. The van der Waals surface area contributed by atoms with Crippen LogP contribution in [0.25, 0.3) is 5.57 Å². The van der Waals surface area contributed by atoms with Crippen molar-refractivity contribution in [3.05, 3.63) is 41.5 Å². The second-order valence-electron chi connectivity index (χ2n) is 4.96. The van der Waals surface area contributed by atoms with Crippen LogP contribution in [0.1, 0.15) is 36.8 Å². The molecule has 2 rings (SSSR count). The number of carboxylic acid groups (broad SMARTS) is 1. The van der Waals surface area contributed by atoms with Gasteiger partial charge >= 0.3 is 5.97 Å². The van der Waals surface area contributed by atoms with Crippen molar-refractivity contribution >= 4 is 24.2 Å². The van der Waals surface area contributed by atoms with Gasteiger partial charge in [-0.25, -0.2) is 4.79 Å². The molecule has 19 heavy (non-hydrogen) atoms. The Kier molecular flexibility index (Phi) is 4.32. The molecule has 0 saturated carbocycles. The predicted octanol–water partition coefficient (Wildman–Crippen LogP) is 3.10. The highest BCUT2D eigenvalue weighted by molar-refractivity contribution is 7.80. The van der Waals surface area contributed by atoms with E-state index in [4.69, 9.17) is 5.11 Å². The van der Waals surface area contributed by atoms with E-state index in [2.05, 4.69) is 31.8 Å². The van der Waals surface area contributed by atoms with E-state index in [1.807, 2.05) is 24.3 Å². The normalized spacial score (nSPS) is 25.9. The lowest BCUT2D eigenvalue weighted by molar-refractivity contribution is -0.131. The molecular formula is C15H19NO2S. The third-order valence-electron chi connectivity index (χ3n) is 3.73. The van der Waals surface area contributed by atoms with Crippen LogP contribution in [-0.4, -0.2) is 17.1 Å². The molecule has 0 spiro atoms. The molecule has 3 atom stereocenters. The summed E-state index contributed by atoms with van der Waals surface area (Å²) < 4.78 is 0. The fourth-order valence-corrected chi connectivity index (χ4v) is 2.91. The van der Waals surface area contributed by atoms with Crippen LogP contribution in [0.15, 0.2) is 30.3 Å². The molecule has 0 radical (unpaired) electrons. The second kappa shape index (κ2) is 5.80. The molecule has 0 amide bonds. The Balaban J connectivity index is 2.53. The molecule has 0 fully saturated rings. The molecule has 0 unspecified atom stereocenters. The van der Waals surface area contributed by atoms with E-state index >= 15 is 0 Å². The standard InChI is InChI=1S/C15H19NO2S/c1-3-9(2)14-12(8-13(17)18)10-6-4-5-7-11(10)15(19)16-14/h4-9,14-16,19H,3H2,1-2H3,(H,17,18)/b12-8-/t9-,14-,15-/m0/s1. The Morgan fingerprint density at radius 1 is 1.53 bits per heavy atom. The number of nitrogens with one attached hydrogen (secondary N) is 1. The van der Waals surface area contributed by atoms with Gasteiger partial charge in [0.15, 0.2) is 0 Å². The van der Waals surface area contributed by atoms with E-state index < -0.39 is 5.97 Å². The van der Waals surface area contributed by atoms with E-state index in [0.717, 1.165) is 23.1 Å². The maximum atomic E-state index is 11.1. The number of benzene rings is 1. The first kappa shape index (κ1) is 14.2. The minimum Gasteiger partial charge on any atom is -0.478 e. The van der Waals surface area contributed by atoms with Crippen molar-refractivity contribution in [2.24, 2.45) is 5.92 Å². The third kappa shape index (κ3) is 2.85. The first-order valence-corrected chi connectivity index (χ1v) is 7.04. The van der Waals surface area contributed by atoms with Crippen LogP contribution < -0.4 is 5.32 Å². The zero-order valence-electron chi connectivity index (χ0n) is 11.1. The fourth-order valence-electron chi connectivity index (χ4n) is 2.52. The number of hydrogen-bond donors (Lipinski definition) is 3. The molecule has 0 aromatic heterocycles. The fraction of sp³-hybridized carbons (Fsp3) is 0.400. The molecule has 1 aromatic rings. The van der Waals surface area contributed by atoms with Crippen LogP contribution >= 0.6 is 12.6 Å². The monoisotopic (exact) mass is 277 g/mol. The van der Waals surface area contributed by atoms with Crippen molar-refractivity contribution in [1.82, 2.24) is 5.32 Å². The first-order valence-electron chi connectivity index (χ1n) is 6.52. The number of aliphatic carboxylic acids is 1. The molecule has 2 N–H and O–H groups in total. The molecule has 1 heterocycles. The van der Waals surface area contributed by atoms with Gasteiger partial charge in [-0.15, -0.1) is 0 Å². The zero-order valence-corrected chi connectivity index (χ0v) is 12.0. The van der Waals surface area contributed by atoms with Crippen molar-refractivity contribution in [2.45, 2.75) is 31.7 Å². The predicted molar refractivity (Wildman–Crippen MR) is 80.2 cm³/mol. The first-order chi connectivity index (χ1) is 9.04.